The van der Waals surface area contributed by atoms with Crippen LogP contribution in [0.4, 0.5) is 0 Å². The van der Waals surface area contributed by atoms with Crippen LogP contribution in [0.15, 0.2) is 24.3 Å². The average Bonchev–Trinajstić information content (AvgIpc) is 2.47. The number of nitrogens with zero attached hydrogens (tertiary/aromatic N) is 1. The zero-order chi connectivity index (χ0) is 15.2. The minimum atomic E-state index is -0.508. The smallest absolute Gasteiger partial charge is 0.311 e. The third kappa shape index (κ3) is 4.74. The predicted octanol–water partition coefficient (Wildman–Crippen LogP) is 2.26. The number of rotatable bonds is 3. The van der Waals surface area contributed by atoms with Gasteiger partial charge in [0.25, 0.3) is 0 Å². The monoisotopic (exact) mass is 308 g/mol. The van der Waals surface area contributed by atoms with E-state index in [-0.39, 0.29) is 0 Å². The molecule has 0 aromatic heterocycles. The number of halogens is 1. The van der Waals surface area contributed by atoms with Crippen molar-refractivity contribution in [3.05, 3.63) is 34.9 Å². The number of hydrogen-bond donors (Lipinski definition) is 1. The van der Waals surface area contributed by atoms with E-state index in [0.717, 1.165) is 18.4 Å². The fourth-order valence-corrected chi connectivity index (χ4v) is 2.66. The Morgan fingerprint density at radius 3 is 2.71 bits per heavy atom. The van der Waals surface area contributed by atoms with Gasteiger partial charge < -0.3 is 10.2 Å². The number of likely N-dealkylation sites (tertiary alicyclic amines) is 1. The highest BCUT2D eigenvalue weighted by atomic mass is 35.5. The van der Waals surface area contributed by atoms with Crippen molar-refractivity contribution >= 4 is 23.4 Å². The summed E-state index contributed by atoms with van der Waals surface area (Å²) in [5.74, 6) is -0.278. The van der Waals surface area contributed by atoms with Gasteiger partial charge in [-0.1, -0.05) is 30.7 Å². The summed E-state index contributed by atoms with van der Waals surface area (Å²) in [7, 11) is 0. The summed E-state index contributed by atoms with van der Waals surface area (Å²) in [5.41, 5.74) is 1.04. The van der Waals surface area contributed by atoms with Gasteiger partial charge in [-0.2, -0.15) is 0 Å². The first kappa shape index (κ1) is 15.8. The molecule has 0 radical (unpaired) electrons. The lowest BCUT2D eigenvalue weighted by Gasteiger charge is -2.29. The summed E-state index contributed by atoms with van der Waals surface area (Å²) in [6.45, 7) is 3.98. The average molecular weight is 309 g/mol. The van der Waals surface area contributed by atoms with Crippen LogP contribution in [0.3, 0.4) is 0 Å². The van der Waals surface area contributed by atoms with E-state index in [1.165, 1.54) is 0 Å². The molecule has 1 fully saturated rings. The van der Waals surface area contributed by atoms with E-state index in [0.29, 0.717) is 37.0 Å². The largest absolute Gasteiger partial charge is 0.347 e. The highest BCUT2D eigenvalue weighted by molar-refractivity contribution is 6.35. The van der Waals surface area contributed by atoms with Crippen molar-refractivity contribution in [2.24, 2.45) is 5.92 Å². The maximum Gasteiger partial charge on any atom is 0.311 e. The highest BCUT2D eigenvalue weighted by Gasteiger charge is 2.25. The van der Waals surface area contributed by atoms with E-state index in [1.807, 2.05) is 24.3 Å². The standard InChI is InChI=1S/C16H21ClN2O2/c1-12-6-9-19(10-7-12)16(21)15(20)18-8-5-13-3-2-4-14(17)11-13/h2-4,11-12H,5-10H2,1H3,(H,18,20). The molecule has 0 aliphatic carbocycles. The lowest BCUT2D eigenvalue weighted by Crippen LogP contribution is -2.46. The SMILES string of the molecule is CC1CCN(C(=O)C(=O)NCCc2cccc(Cl)c2)CC1. The van der Waals surface area contributed by atoms with E-state index in [1.54, 1.807) is 4.90 Å². The Morgan fingerprint density at radius 1 is 1.33 bits per heavy atom. The quantitative estimate of drug-likeness (QED) is 0.871. The van der Waals surface area contributed by atoms with Gasteiger partial charge in [0.2, 0.25) is 0 Å². The predicted molar refractivity (Wildman–Crippen MR) is 83.1 cm³/mol. The zero-order valence-electron chi connectivity index (χ0n) is 12.3. The van der Waals surface area contributed by atoms with Gasteiger partial charge in [-0.05, 0) is 42.9 Å². The minimum Gasteiger partial charge on any atom is -0.347 e. The maximum absolute atomic E-state index is 12.0. The second-order valence-corrected chi connectivity index (χ2v) is 6.05. The van der Waals surface area contributed by atoms with Crippen LogP contribution in [0.5, 0.6) is 0 Å². The molecule has 1 aromatic carbocycles. The van der Waals surface area contributed by atoms with Gasteiger partial charge in [-0.25, -0.2) is 0 Å². The van der Waals surface area contributed by atoms with Crippen LogP contribution < -0.4 is 5.32 Å². The number of hydrogen-bond acceptors (Lipinski definition) is 2. The molecule has 0 bridgehead atoms. The van der Waals surface area contributed by atoms with E-state index in [2.05, 4.69) is 12.2 Å². The van der Waals surface area contributed by atoms with Crippen LogP contribution in [0.1, 0.15) is 25.3 Å². The Balaban J connectivity index is 1.75. The fourth-order valence-electron chi connectivity index (χ4n) is 2.44. The summed E-state index contributed by atoms with van der Waals surface area (Å²) >= 11 is 5.90. The van der Waals surface area contributed by atoms with Crippen molar-refractivity contribution in [1.29, 1.82) is 0 Å². The summed E-state index contributed by atoms with van der Waals surface area (Å²) in [5, 5.41) is 3.36. The first-order valence-electron chi connectivity index (χ1n) is 7.38. The summed E-state index contributed by atoms with van der Waals surface area (Å²) in [6.07, 6.45) is 2.61. The minimum absolute atomic E-state index is 0.409. The molecule has 0 saturated carbocycles. The molecule has 4 nitrogen and oxygen atoms in total. The zero-order valence-corrected chi connectivity index (χ0v) is 13.0. The lowest BCUT2D eigenvalue weighted by atomic mass is 9.99. The number of benzene rings is 1. The first-order valence-corrected chi connectivity index (χ1v) is 7.75. The Hall–Kier alpha value is -1.55. The Morgan fingerprint density at radius 2 is 2.05 bits per heavy atom. The summed E-state index contributed by atoms with van der Waals surface area (Å²) < 4.78 is 0. The number of amides is 2. The topological polar surface area (TPSA) is 49.4 Å². The lowest BCUT2D eigenvalue weighted by molar-refractivity contribution is -0.146. The molecule has 5 heteroatoms. The van der Waals surface area contributed by atoms with Gasteiger partial charge in [0.1, 0.15) is 0 Å². The van der Waals surface area contributed by atoms with Gasteiger partial charge in [-0.15, -0.1) is 0 Å². The number of piperidine rings is 1. The molecule has 1 saturated heterocycles. The molecule has 0 atom stereocenters. The molecular weight excluding hydrogens is 288 g/mol. The number of nitrogens with one attached hydrogen (secondary N) is 1. The maximum atomic E-state index is 12.0. The van der Waals surface area contributed by atoms with Crippen LogP contribution in [-0.4, -0.2) is 36.3 Å². The van der Waals surface area contributed by atoms with Crippen LogP contribution in [0, 0.1) is 5.92 Å². The molecule has 21 heavy (non-hydrogen) atoms. The van der Waals surface area contributed by atoms with E-state index >= 15 is 0 Å². The number of carbonyl (C=O) groups is 2. The second-order valence-electron chi connectivity index (χ2n) is 5.61. The first-order chi connectivity index (χ1) is 10.1. The van der Waals surface area contributed by atoms with Crippen molar-refractivity contribution in [1.82, 2.24) is 10.2 Å². The molecule has 114 valence electrons. The van der Waals surface area contributed by atoms with Crippen LogP contribution in [0.2, 0.25) is 5.02 Å². The third-order valence-corrected chi connectivity index (χ3v) is 4.09. The molecule has 1 heterocycles. The normalized spacial score (nSPS) is 15.8. The molecule has 2 amide bonds. The molecule has 2 rings (SSSR count). The molecular formula is C16H21ClN2O2. The fraction of sp³-hybridized carbons (Fsp3) is 0.500. The van der Waals surface area contributed by atoms with Gasteiger partial charge in [0.15, 0.2) is 0 Å². The van der Waals surface area contributed by atoms with Crippen molar-refractivity contribution in [2.45, 2.75) is 26.2 Å². The van der Waals surface area contributed by atoms with Crippen molar-refractivity contribution in [3.63, 3.8) is 0 Å². The Labute approximate surface area is 130 Å². The van der Waals surface area contributed by atoms with Crippen molar-refractivity contribution in [2.75, 3.05) is 19.6 Å². The number of carbonyl (C=O) groups excluding carboxylic acids is 2. The second kappa shape index (κ2) is 7.46. The van der Waals surface area contributed by atoms with Crippen LogP contribution >= 0.6 is 11.6 Å². The molecule has 1 N–H and O–H groups in total. The van der Waals surface area contributed by atoms with E-state index < -0.39 is 11.8 Å². The summed E-state index contributed by atoms with van der Waals surface area (Å²) in [4.78, 5) is 25.5. The van der Waals surface area contributed by atoms with E-state index in [4.69, 9.17) is 11.6 Å². The summed E-state index contributed by atoms with van der Waals surface area (Å²) in [6, 6.07) is 7.50. The van der Waals surface area contributed by atoms with Gasteiger partial charge in [0, 0.05) is 24.7 Å². The Bertz CT molecular complexity index is 511. The van der Waals surface area contributed by atoms with E-state index in [9.17, 15) is 9.59 Å². The molecule has 1 aliphatic rings. The Kier molecular flexibility index (Phi) is 5.62. The van der Waals surface area contributed by atoms with Crippen LogP contribution in [-0.2, 0) is 16.0 Å². The van der Waals surface area contributed by atoms with Gasteiger partial charge in [-0.3, -0.25) is 9.59 Å². The van der Waals surface area contributed by atoms with Crippen molar-refractivity contribution < 1.29 is 9.59 Å². The highest BCUT2D eigenvalue weighted by Crippen LogP contribution is 2.16. The molecule has 0 spiro atoms. The molecule has 1 aromatic rings. The molecule has 1 aliphatic heterocycles. The third-order valence-electron chi connectivity index (χ3n) is 3.85. The molecule has 0 unspecified atom stereocenters. The van der Waals surface area contributed by atoms with Crippen LogP contribution in [0.25, 0.3) is 0 Å². The van der Waals surface area contributed by atoms with Crippen molar-refractivity contribution in [3.8, 4) is 0 Å². The van der Waals surface area contributed by atoms with Gasteiger partial charge in [0.05, 0.1) is 0 Å². The van der Waals surface area contributed by atoms with Gasteiger partial charge >= 0.3 is 11.8 Å².